The number of carbonyl (C=O) groups excluding carboxylic acids is 2. The van der Waals surface area contributed by atoms with Gasteiger partial charge in [-0.15, -0.1) is 0 Å². The molecule has 2 aliphatic heterocycles. The van der Waals surface area contributed by atoms with E-state index in [2.05, 4.69) is 10.5 Å². The number of nitrogens with zero attached hydrogens (tertiary/aromatic N) is 2. The van der Waals surface area contributed by atoms with Crippen molar-refractivity contribution < 1.29 is 18.8 Å². The van der Waals surface area contributed by atoms with Crippen LogP contribution in [-0.4, -0.2) is 45.8 Å². The SMILES string of the molecule is CC(C)(C)OC(=O)N1C2CCC1C(NC(=O)c1cc(-c3cccc(Cl)c3)no1)C2. The van der Waals surface area contributed by atoms with E-state index in [1.807, 2.05) is 32.9 Å². The Morgan fingerprint density at radius 2 is 2.07 bits per heavy atom. The molecule has 8 heteroatoms. The summed E-state index contributed by atoms with van der Waals surface area (Å²) >= 11 is 6.01. The first-order valence-corrected chi connectivity index (χ1v) is 10.1. The average Bonchev–Trinajstić information content (AvgIpc) is 3.34. The van der Waals surface area contributed by atoms with Crippen LogP contribution in [0, 0.1) is 0 Å². The summed E-state index contributed by atoms with van der Waals surface area (Å²) < 4.78 is 10.8. The highest BCUT2D eigenvalue weighted by molar-refractivity contribution is 6.30. The van der Waals surface area contributed by atoms with Crippen LogP contribution in [0.15, 0.2) is 34.9 Å². The van der Waals surface area contributed by atoms with E-state index in [0.29, 0.717) is 17.1 Å². The summed E-state index contributed by atoms with van der Waals surface area (Å²) in [5, 5.41) is 7.56. The molecule has 0 aliphatic carbocycles. The fourth-order valence-corrected chi connectivity index (χ4v) is 4.34. The smallest absolute Gasteiger partial charge is 0.410 e. The first-order chi connectivity index (χ1) is 13.7. The van der Waals surface area contributed by atoms with E-state index in [4.69, 9.17) is 20.9 Å². The van der Waals surface area contributed by atoms with Crippen LogP contribution < -0.4 is 5.32 Å². The van der Waals surface area contributed by atoms with Gasteiger partial charge in [-0.05, 0) is 52.2 Å². The Labute approximate surface area is 174 Å². The van der Waals surface area contributed by atoms with Crippen molar-refractivity contribution >= 4 is 23.6 Å². The minimum Gasteiger partial charge on any atom is -0.444 e. The van der Waals surface area contributed by atoms with E-state index in [0.717, 1.165) is 18.4 Å². The topological polar surface area (TPSA) is 84.7 Å². The van der Waals surface area contributed by atoms with Crippen LogP contribution in [0.3, 0.4) is 0 Å². The maximum absolute atomic E-state index is 12.7. The van der Waals surface area contributed by atoms with Crippen molar-refractivity contribution in [1.82, 2.24) is 15.4 Å². The second kappa shape index (κ2) is 7.37. The second-order valence-corrected chi connectivity index (χ2v) is 9.02. The van der Waals surface area contributed by atoms with Gasteiger partial charge >= 0.3 is 6.09 Å². The summed E-state index contributed by atoms with van der Waals surface area (Å²) in [5.41, 5.74) is 0.770. The van der Waals surface area contributed by atoms with Gasteiger partial charge < -0.3 is 19.5 Å². The standard InChI is InChI=1S/C21H24ClN3O4/c1-21(2,3)28-20(27)25-14-7-8-17(25)16(10-14)23-19(26)18-11-15(24-29-18)12-5-4-6-13(22)9-12/h4-6,9,11,14,16-17H,7-8,10H2,1-3H3,(H,23,26). The number of benzene rings is 1. The quantitative estimate of drug-likeness (QED) is 0.806. The Balaban J connectivity index is 1.43. The molecule has 1 aromatic carbocycles. The lowest BCUT2D eigenvalue weighted by Gasteiger charge is -2.28. The molecule has 0 spiro atoms. The molecular weight excluding hydrogens is 394 g/mol. The monoisotopic (exact) mass is 417 g/mol. The molecular formula is C21H24ClN3O4. The number of fused-ring (bicyclic) bond motifs is 2. The molecule has 3 heterocycles. The van der Waals surface area contributed by atoms with Crippen molar-refractivity contribution in [3.63, 3.8) is 0 Å². The van der Waals surface area contributed by atoms with Crippen molar-refractivity contribution in [2.24, 2.45) is 0 Å². The van der Waals surface area contributed by atoms with Crippen LogP contribution in [0.25, 0.3) is 11.3 Å². The zero-order valence-corrected chi connectivity index (χ0v) is 17.4. The van der Waals surface area contributed by atoms with Gasteiger partial charge in [-0.2, -0.15) is 0 Å². The zero-order chi connectivity index (χ0) is 20.8. The number of aromatic nitrogens is 1. The molecule has 2 amide bonds. The number of rotatable bonds is 3. The van der Waals surface area contributed by atoms with Gasteiger partial charge in [0.1, 0.15) is 11.3 Å². The maximum atomic E-state index is 12.7. The average molecular weight is 418 g/mol. The molecule has 3 unspecified atom stereocenters. The fraction of sp³-hybridized carbons (Fsp3) is 0.476. The molecule has 2 aromatic rings. The third kappa shape index (κ3) is 4.10. The molecule has 154 valence electrons. The van der Waals surface area contributed by atoms with Crippen LogP contribution in [0.2, 0.25) is 5.02 Å². The minimum absolute atomic E-state index is 0.0610. The minimum atomic E-state index is -0.547. The number of halogens is 1. The van der Waals surface area contributed by atoms with E-state index >= 15 is 0 Å². The molecule has 2 saturated heterocycles. The highest BCUT2D eigenvalue weighted by atomic mass is 35.5. The van der Waals surface area contributed by atoms with Crippen LogP contribution in [0.5, 0.6) is 0 Å². The Bertz CT molecular complexity index is 936. The summed E-state index contributed by atoms with van der Waals surface area (Å²) in [5.74, 6) is -0.209. The van der Waals surface area contributed by atoms with Crippen molar-refractivity contribution in [2.75, 3.05) is 0 Å². The van der Waals surface area contributed by atoms with Gasteiger partial charge in [0.2, 0.25) is 5.76 Å². The number of carbonyl (C=O) groups is 2. The maximum Gasteiger partial charge on any atom is 0.410 e. The van der Waals surface area contributed by atoms with Gasteiger partial charge in [-0.1, -0.05) is 28.9 Å². The van der Waals surface area contributed by atoms with Gasteiger partial charge in [-0.25, -0.2) is 4.79 Å². The van der Waals surface area contributed by atoms with Crippen LogP contribution in [-0.2, 0) is 4.74 Å². The zero-order valence-electron chi connectivity index (χ0n) is 16.6. The Hall–Kier alpha value is -2.54. The number of nitrogens with one attached hydrogen (secondary N) is 1. The number of ether oxygens (including phenoxy) is 1. The predicted molar refractivity (Wildman–Crippen MR) is 108 cm³/mol. The summed E-state index contributed by atoms with van der Waals surface area (Å²) in [4.78, 5) is 27.0. The van der Waals surface area contributed by atoms with Gasteiger partial charge in [-0.3, -0.25) is 4.79 Å². The first-order valence-electron chi connectivity index (χ1n) is 9.76. The van der Waals surface area contributed by atoms with Crippen LogP contribution >= 0.6 is 11.6 Å². The predicted octanol–water partition coefficient (Wildman–Crippen LogP) is 4.27. The summed E-state index contributed by atoms with van der Waals surface area (Å²) in [6.45, 7) is 5.55. The number of amides is 2. The molecule has 3 atom stereocenters. The lowest BCUT2D eigenvalue weighted by Crippen LogP contribution is -2.46. The molecule has 7 nitrogen and oxygen atoms in total. The molecule has 2 aliphatic rings. The molecule has 1 aromatic heterocycles. The third-order valence-corrected chi connectivity index (χ3v) is 5.55. The van der Waals surface area contributed by atoms with Crippen molar-refractivity contribution in [3.05, 3.63) is 41.1 Å². The molecule has 2 fully saturated rings. The van der Waals surface area contributed by atoms with Crippen molar-refractivity contribution in [3.8, 4) is 11.3 Å². The summed E-state index contributed by atoms with van der Waals surface area (Å²) in [6.07, 6.45) is 2.17. The molecule has 1 N–H and O–H groups in total. The van der Waals surface area contributed by atoms with Gasteiger partial charge in [0, 0.05) is 22.7 Å². The summed E-state index contributed by atoms with van der Waals surface area (Å²) in [6, 6.07) is 8.69. The van der Waals surface area contributed by atoms with Crippen LogP contribution in [0.4, 0.5) is 4.79 Å². The highest BCUT2D eigenvalue weighted by Gasteiger charge is 2.50. The number of hydrogen-bond donors (Lipinski definition) is 1. The normalized spacial score (nSPS) is 23.3. The van der Waals surface area contributed by atoms with Crippen molar-refractivity contribution in [1.29, 1.82) is 0 Å². The largest absolute Gasteiger partial charge is 0.444 e. The molecule has 29 heavy (non-hydrogen) atoms. The second-order valence-electron chi connectivity index (χ2n) is 8.59. The van der Waals surface area contributed by atoms with Crippen LogP contribution in [0.1, 0.15) is 50.6 Å². The lowest BCUT2D eigenvalue weighted by atomic mass is 9.95. The summed E-state index contributed by atoms with van der Waals surface area (Å²) in [7, 11) is 0. The van der Waals surface area contributed by atoms with E-state index < -0.39 is 5.60 Å². The van der Waals surface area contributed by atoms with Gasteiger partial charge in [0.25, 0.3) is 5.91 Å². The van der Waals surface area contributed by atoms with Gasteiger partial charge in [0.05, 0.1) is 12.1 Å². The lowest BCUT2D eigenvalue weighted by molar-refractivity contribution is 0.0209. The Kier molecular flexibility index (Phi) is 5.02. The Morgan fingerprint density at radius 1 is 1.28 bits per heavy atom. The van der Waals surface area contributed by atoms with E-state index in [1.54, 1.807) is 23.1 Å². The van der Waals surface area contributed by atoms with E-state index in [1.165, 1.54) is 0 Å². The van der Waals surface area contributed by atoms with Crippen molar-refractivity contribution in [2.45, 2.75) is 63.8 Å². The highest BCUT2D eigenvalue weighted by Crippen LogP contribution is 2.39. The first kappa shape index (κ1) is 19.8. The molecule has 4 rings (SSSR count). The Morgan fingerprint density at radius 3 is 2.79 bits per heavy atom. The third-order valence-electron chi connectivity index (χ3n) is 5.31. The molecule has 0 radical (unpaired) electrons. The fourth-order valence-electron chi connectivity index (χ4n) is 4.15. The molecule has 0 saturated carbocycles. The van der Waals surface area contributed by atoms with Gasteiger partial charge in [0.15, 0.2) is 0 Å². The number of hydrogen-bond acceptors (Lipinski definition) is 5. The van der Waals surface area contributed by atoms with E-state index in [9.17, 15) is 9.59 Å². The van der Waals surface area contributed by atoms with E-state index in [-0.39, 0.29) is 35.9 Å². The molecule has 2 bridgehead atoms.